The van der Waals surface area contributed by atoms with Gasteiger partial charge in [-0.15, -0.1) is 0 Å². The highest BCUT2D eigenvalue weighted by atomic mass is 16.5. The summed E-state index contributed by atoms with van der Waals surface area (Å²) in [5, 5.41) is 27.0. The Hall–Kier alpha value is -4.90. The molecule has 2 aromatic heterocycles. The number of nitrogens with zero attached hydrogens (tertiary/aromatic N) is 3. The molecule has 1 fully saturated rings. The van der Waals surface area contributed by atoms with Crippen LogP contribution in [0.2, 0.25) is 0 Å². The standard InChI is InChI=1S/C32H34N4O7/c1-21-28(31(37)33-14-16-35-15-13-25(18-35)26-17-27(32(38)39)43-34-26)36(40)22(2)30(42-20-24-11-7-4-8-12-24)29(21)41-19-23-9-5-3-6-10-23/h3-12,17,25H,13-16,18-20H2,1-2H3,(H2-,33,37,38,39,40)/p+1. The van der Waals surface area contributed by atoms with Crippen LogP contribution in [0.25, 0.3) is 0 Å². The van der Waals surface area contributed by atoms with Crippen molar-refractivity contribution < 1.29 is 38.6 Å². The van der Waals surface area contributed by atoms with Crippen molar-refractivity contribution in [2.45, 2.75) is 39.4 Å². The number of likely N-dealkylation sites (tertiary alicyclic amines) is 1. The van der Waals surface area contributed by atoms with Gasteiger partial charge < -0.3 is 29.3 Å². The van der Waals surface area contributed by atoms with E-state index in [4.69, 9.17) is 19.1 Å². The number of pyridine rings is 1. The Morgan fingerprint density at radius 2 is 1.65 bits per heavy atom. The van der Waals surface area contributed by atoms with Crippen LogP contribution in [0.4, 0.5) is 0 Å². The van der Waals surface area contributed by atoms with E-state index < -0.39 is 11.9 Å². The molecule has 43 heavy (non-hydrogen) atoms. The number of carbonyl (C=O) groups excluding carboxylic acids is 1. The molecule has 1 aliphatic heterocycles. The van der Waals surface area contributed by atoms with Crippen LogP contribution in [0.3, 0.4) is 0 Å². The molecule has 0 bridgehead atoms. The number of hydrogen-bond donors (Lipinski definition) is 3. The van der Waals surface area contributed by atoms with Gasteiger partial charge in [0.05, 0.1) is 11.3 Å². The van der Waals surface area contributed by atoms with Gasteiger partial charge in [0, 0.05) is 43.3 Å². The molecule has 0 aliphatic carbocycles. The Labute approximate surface area is 249 Å². The Balaban J connectivity index is 1.28. The van der Waals surface area contributed by atoms with Gasteiger partial charge in [-0.25, -0.2) is 4.79 Å². The van der Waals surface area contributed by atoms with Gasteiger partial charge >= 0.3 is 17.6 Å². The minimum atomic E-state index is -1.15. The summed E-state index contributed by atoms with van der Waals surface area (Å²) >= 11 is 0. The van der Waals surface area contributed by atoms with Crippen LogP contribution in [0.15, 0.2) is 71.3 Å². The lowest BCUT2D eigenvalue weighted by atomic mass is 10.1. The molecule has 11 heteroatoms. The molecule has 0 radical (unpaired) electrons. The zero-order valence-corrected chi connectivity index (χ0v) is 24.2. The number of amides is 1. The van der Waals surface area contributed by atoms with Crippen LogP contribution < -0.4 is 19.5 Å². The molecule has 3 N–H and O–H groups in total. The summed E-state index contributed by atoms with van der Waals surface area (Å²) in [6.07, 6.45) is 0.807. The van der Waals surface area contributed by atoms with Crippen molar-refractivity contribution in [3.63, 3.8) is 0 Å². The van der Waals surface area contributed by atoms with E-state index >= 15 is 0 Å². The minimum Gasteiger partial charge on any atom is -0.484 e. The van der Waals surface area contributed by atoms with Crippen molar-refractivity contribution >= 4 is 11.9 Å². The molecule has 0 spiro atoms. The van der Waals surface area contributed by atoms with Crippen LogP contribution in [0.5, 0.6) is 11.5 Å². The lowest BCUT2D eigenvalue weighted by molar-refractivity contribution is -0.910. The van der Waals surface area contributed by atoms with Gasteiger partial charge in [-0.1, -0.05) is 65.8 Å². The van der Waals surface area contributed by atoms with E-state index in [1.54, 1.807) is 13.8 Å². The fourth-order valence-corrected chi connectivity index (χ4v) is 5.21. The second kappa shape index (κ2) is 13.4. The number of aromatic carboxylic acids is 1. The number of benzene rings is 2. The van der Waals surface area contributed by atoms with Gasteiger partial charge in [-0.2, -0.15) is 0 Å². The van der Waals surface area contributed by atoms with Crippen LogP contribution >= 0.6 is 0 Å². The Morgan fingerprint density at radius 3 is 2.26 bits per heavy atom. The second-order valence-corrected chi connectivity index (χ2v) is 10.5. The van der Waals surface area contributed by atoms with Gasteiger partial charge in [0.15, 0.2) is 5.75 Å². The third-order valence-corrected chi connectivity index (χ3v) is 7.57. The Kier molecular flexibility index (Phi) is 9.21. The first kappa shape index (κ1) is 29.6. The first-order chi connectivity index (χ1) is 20.8. The summed E-state index contributed by atoms with van der Waals surface area (Å²) in [5.74, 6) is -0.952. The summed E-state index contributed by atoms with van der Waals surface area (Å²) in [5.41, 5.74) is 3.38. The van der Waals surface area contributed by atoms with Crippen molar-refractivity contribution in [2.75, 3.05) is 26.2 Å². The van der Waals surface area contributed by atoms with Crippen LogP contribution in [0.1, 0.15) is 61.5 Å². The van der Waals surface area contributed by atoms with Crippen molar-refractivity contribution in [3.05, 3.63) is 106 Å². The monoisotopic (exact) mass is 587 g/mol. The molecular formula is C32H35N4O7+. The number of carbonyl (C=O) groups is 2. The average Bonchev–Trinajstić information content (AvgIpc) is 3.69. The molecule has 1 amide bonds. The van der Waals surface area contributed by atoms with Crippen molar-refractivity contribution in [1.29, 1.82) is 0 Å². The highest BCUT2D eigenvalue weighted by molar-refractivity contribution is 5.93. The average molecular weight is 588 g/mol. The second-order valence-electron chi connectivity index (χ2n) is 10.5. The molecule has 2 aromatic carbocycles. The number of aromatic nitrogens is 2. The van der Waals surface area contributed by atoms with Crippen LogP contribution in [0, 0.1) is 13.8 Å². The highest BCUT2D eigenvalue weighted by Crippen LogP contribution is 2.35. The first-order valence-corrected chi connectivity index (χ1v) is 14.1. The van der Waals surface area contributed by atoms with Crippen molar-refractivity contribution in [3.8, 4) is 11.5 Å². The smallest absolute Gasteiger partial charge is 0.374 e. The normalized spacial score (nSPS) is 14.9. The Bertz CT molecular complexity index is 1570. The van der Waals surface area contributed by atoms with Crippen LogP contribution in [-0.4, -0.2) is 58.4 Å². The van der Waals surface area contributed by atoms with E-state index in [1.807, 2.05) is 60.7 Å². The number of carboxylic acid groups (broad SMARTS) is 1. The number of hydrogen-bond acceptors (Lipinski definition) is 8. The van der Waals surface area contributed by atoms with Gasteiger partial charge in [-0.05, 0) is 31.0 Å². The SMILES string of the molecule is Cc1c(OCc2ccccc2)c(OCc2ccccc2)c(C)[n+](O)c1C(=O)NCCN1CCC(c2cc(C(=O)O)on2)C1. The molecule has 1 aliphatic rings. The van der Waals surface area contributed by atoms with Gasteiger partial charge in [0.25, 0.3) is 5.69 Å². The lowest BCUT2D eigenvalue weighted by Crippen LogP contribution is -2.46. The van der Waals surface area contributed by atoms with Gasteiger partial charge in [0.1, 0.15) is 13.2 Å². The van der Waals surface area contributed by atoms with Crippen molar-refractivity contribution in [2.24, 2.45) is 0 Å². The Morgan fingerprint density at radius 1 is 1.02 bits per heavy atom. The van der Waals surface area contributed by atoms with E-state index in [-0.39, 0.29) is 30.6 Å². The predicted octanol–water partition coefficient (Wildman–Crippen LogP) is 3.89. The van der Waals surface area contributed by atoms with Crippen LogP contribution in [-0.2, 0) is 13.2 Å². The molecule has 1 atom stereocenters. The first-order valence-electron chi connectivity index (χ1n) is 14.1. The summed E-state index contributed by atoms with van der Waals surface area (Å²) in [6, 6.07) is 20.8. The topological polar surface area (TPSA) is 138 Å². The number of carboxylic acids is 1. The number of rotatable bonds is 12. The molecule has 1 saturated heterocycles. The maximum Gasteiger partial charge on any atom is 0.374 e. The predicted molar refractivity (Wildman–Crippen MR) is 154 cm³/mol. The lowest BCUT2D eigenvalue weighted by Gasteiger charge is -2.18. The highest BCUT2D eigenvalue weighted by Gasteiger charge is 2.34. The molecule has 3 heterocycles. The molecular weight excluding hydrogens is 552 g/mol. The van der Waals surface area contributed by atoms with Gasteiger partial charge in [0.2, 0.25) is 11.5 Å². The molecule has 1 unspecified atom stereocenters. The summed E-state index contributed by atoms with van der Waals surface area (Å²) < 4.78 is 18.2. The minimum absolute atomic E-state index is 0.0600. The van der Waals surface area contributed by atoms with E-state index in [0.717, 1.165) is 28.8 Å². The molecule has 5 rings (SSSR count). The number of ether oxygens (including phenoxy) is 2. The largest absolute Gasteiger partial charge is 0.484 e. The maximum atomic E-state index is 13.4. The van der Waals surface area contributed by atoms with Crippen molar-refractivity contribution in [1.82, 2.24) is 15.4 Å². The third-order valence-electron chi connectivity index (χ3n) is 7.57. The maximum absolute atomic E-state index is 13.4. The quantitative estimate of drug-likeness (QED) is 0.166. The van der Waals surface area contributed by atoms with E-state index in [2.05, 4.69) is 15.4 Å². The zero-order chi connectivity index (χ0) is 30.3. The zero-order valence-electron chi connectivity index (χ0n) is 24.2. The van der Waals surface area contributed by atoms with Gasteiger partial charge in [-0.3, -0.25) is 10.0 Å². The summed E-state index contributed by atoms with van der Waals surface area (Å²) in [6.45, 7) is 6.29. The van der Waals surface area contributed by atoms with E-state index in [0.29, 0.717) is 48.1 Å². The van der Waals surface area contributed by atoms with E-state index in [9.17, 15) is 14.8 Å². The fraction of sp³-hybridized carbons (Fsp3) is 0.312. The fourth-order valence-electron chi connectivity index (χ4n) is 5.21. The number of nitrogens with one attached hydrogen (secondary N) is 1. The molecule has 11 nitrogen and oxygen atoms in total. The van der Waals surface area contributed by atoms with E-state index in [1.165, 1.54) is 6.07 Å². The molecule has 4 aromatic rings. The summed E-state index contributed by atoms with van der Waals surface area (Å²) in [4.78, 5) is 26.7. The summed E-state index contributed by atoms with van der Waals surface area (Å²) in [7, 11) is 0. The molecule has 0 saturated carbocycles. The molecule has 224 valence electrons. The third kappa shape index (κ3) is 6.95.